The minimum atomic E-state index is -0.745. The monoisotopic (exact) mass is 335 g/mol. The van der Waals surface area contributed by atoms with Crippen molar-refractivity contribution in [1.82, 2.24) is 0 Å². The van der Waals surface area contributed by atoms with E-state index < -0.39 is 5.41 Å². The lowest BCUT2D eigenvalue weighted by Gasteiger charge is -2.15. The number of hydrogen-bond donors (Lipinski definition) is 0. The van der Waals surface area contributed by atoms with Crippen LogP contribution in [0.4, 0.5) is 5.69 Å². The highest BCUT2D eigenvalue weighted by Crippen LogP contribution is 2.63. The third-order valence-electron chi connectivity index (χ3n) is 4.11. The molecule has 5 heteroatoms. The number of carbonyl (C=O) groups is 2. The second-order valence-electron chi connectivity index (χ2n) is 5.09. The fourth-order valence-electron chi connectivity index (χ4n) is 3.15. The molecular weight excluding hydrogens is 322 g/mol. The Labute approximate surface area is 125 Å². The summed E-state index contributed by atoms with van der Waals surface area (Å²) >= 11 is 3.51. The normalized spacial score (nSPS) is 26.6. The predicted molar refractivity (Wildman–Crippen MR) is 78.5 cm³/mol. The Hall–Kier alpha value is -1.62. The lowest BCUT2D eigenvalue weighted by Crippen LogP contribution is -2.34. The molecule has 1 amide bonds. The maximum atomic E-state index is 12.8. The Balaban J connectivity index is 2.13. The Bertz CT molecular complexity index is 628. The van der Waals surface area contributed by atoms with Crippen LogP contribution < -0.4 is 4.90 Å². The molecule has 4 nitrogen and oxygen atoms in total. The fraction of sp³-hybridized carbons (Fsp3) is 0.333. The van der Waals surface area contributed by atoms with Gasteiger partial charge < -0.3 is 9.64 Å². The molecule has 1 aromatic rings. The van der Waals surface area contributed by atoms with Crippen LogP contribution in [0, 0.1) is 5.92 Å². The van der Waals surface area contributed by atoms with Gasteiger partial charge in [-0.1, -0.05) is 28.1 Å². The van der Waals surface area contributed by atoms with Crippen LogP contribution in [0.25, 0.3) is 0 Å². The molecule has 0 radical (unpaired) electrons. The van der Waals surface area contributed by atoms with E-state index in [1.165, 1.54) is 7.11 Å². The Morgan fingerprint density at radius 1 is 1.65 bits per heavy atom. The predicted octanol–water partition coefficient (Wildman–Crippen LogP) is 2.41. The molecule has 0 N–H and O–H groups in total. The molecule has 104 valence electrons. The minimum Gasteiger partial charge on any atom is -0.469 e. The van der Waals surface area contributed by atoms with Gasteiger partial charge in [0.15, 0.2) is 0 Å². The molecule has 3 rings (SSSR count). The number of carbonyl (C=O) groups excluding carboxylic acids is 2. The zero-order valence-electron chi connectivity index (χ0n) is 11.1. The first-order valence-electron chi connectivity index (χ1n) is 6.37. The van der Waals surface area contributed by atoms with E-state index in [1.807, 2.05) is 18.2 Å². The van der Waals surface area contributed by atoms with Gasteiger partial charge >= 0.3 is 5.97 Å². The molecule has 0 bridgehead atoms. The SMILES string of the molecule is C=CCN1C(=O)[C@@]2(C[C@@H]2C(=O)OC)c2c(Br)cccc21. The molecule has 1 heterocycles. The third-order valence-corrected chi connectivity index (χ3v) is 4.77. The zero-order chi connectivity index (χ0) is 14.5. The average Bonchev–Trinajstić information content (AvgIpc) is 3.14. The third kappa shape index (κ3) is 1.53. The van der Waals surface area contributed by atoms with Crippen molar-refractivity contribution in [3.63, 3.8) is 0 Å². The van der Waals surface area contributed by atoms with Crippen LogP contribution >= 0.6 is 15.9 Å². The second kappa shape index (κ2) is 4.45. The Kier molecular flexibility index (Phi) is 2.97. The number of ether oxygens (including phenoxy) is 1. The van der Waals surface area contributed by atoms with Gasteiger partial charge in [0, 0.05) is 22.3 Å². The highest BCUT2D eigenvalue weighted by molar-refractivity contribution is 9.10. The number of amides is 1. The van der Waals surface area contributed by atoms with Crippen molar-refractivity contribution >= 4 is 33.5 Å². The molecule has 20 heavy (non-hydrogen) atoms. The molecule has 1 aromatic carbocycles. The zero-order valence-corrected chi connectivity index (χ0v) is 12.6. The van der Waals surface area contributed by atoms with Crippen molar-refractivity contribution in [3.8, 4) is 0 Å². The molecule has 2 atom stereocenters. The van der Waals surface area contributed by atoms with Crippen LogP contribution in [0.5, 0.6) is 0 Å². The number of methoxy groups -OCH3 is 1. The number of esters is 1. The standard InChI is InChI=1S/C15H14BrNO3/c1-3-7-17-11-6-4-5-10(16)12(11)15(14(17)19)8-9(15)13(18)20-2/h3-6,9H,1,7-8H2,2H3/t9-,15-/m1/s1. The molecule has 0 aromatic heterocycles. The van der Waals surface area contributed by atoms with Crippen LogP contribution in [-0.4, -0.2) is 25.5 Å². The summed E-state index contributed by atoms with van der Waals surface area (Å²) in [5, 5.41) is 0. The van der Waals surface area contributed by atoms with E-state index in [4.69, 9.17) is 4.74 Å². The topological polar surface area (TPSA) is 46.6 Å². The summed E-state index contributed by atoms with van der Waals surface area (Å²) in [5.74, 6) is -0.734. The number of hydrogen-bond acceptors (Lipinski definition) is 3. The molecule has 1 aliphatic heterocycles. The van der Waals surface area contributed by atoms with Gasteiger partial charge in [-0.25, -0.2) is 0 Å². The summed E-state index contributed by atoms with van der Waals surface area (Å²) in [4.78, 5) is 26.3. The van der Waals surface area contributed by atoms with Gasteiger partial charge in [0.2, 0.25) is 5.91 Å². The van der Waals surface area contributed by atoms with E-state index in [1.54, 1.807) is 11.0 Å². The molecule has 0 unspecified atom stereocenters. The average molecular weight is 336 g/mol. The molecule has 1 spiro atoms. The van der Waals surface area contributed by atoms with Crippen LogP contribution in [0.3, 0.4) is 0 Å². The number of fused-ring (bicyclic) bond motifs is 2. The van der Waals surface area contributed by atoms with Gasteiger partial charge in [-0.15, -0.1) is 6.58 Å². The van der Waals surface area contributed by atoms with Crippen molar-refractivity contribution in [2.75, 3.05) is 18.6 Å². The van der Waals surface area contributed by atoms with Crippen molar-refractivity contribution in [1.29, 1.82) is 0 Å². The van der Waals surface area contributed by atoms with Gasteiger partial charge in [-0.3, -0.25) is 9.59 Å². The van der Waals surface area contributed by atoms with Gasteiger partial charge in [0.05, 0.1) is 18.4 Å². The summed E-state index contributed by atoms with van der Waals surface area (Å²) in [6, 6.07) is 5.70. The molecule has 0 saturated heterocycles. The summed E-state index contributed by atoms with van der Waals surface area (Å²) in [6.45, 7) is 4.14. The van der Waals surface area contributed by atoms with Gasteiger partial charge in [0.25, 0.3) is 0 Å². The van der Waals surface area contributed by atoms with Crippen molar-refractivity contribution in [2.24, 2.45) is 5.92 Å². The lowest BCUT2D eigenvalue weighted by molar-refractivity contribution is -0.143. The van der Waals surface area contributed by atoms with Crippen LogP contribution in [-0.2, 0) is 19.7 Å². The molecule has 2 aliphatic rings. The fourth-order valence-corrected chi connectivity index (χ4v) is 3.86. The van der Waals surface area contributed by atoms with E-state index in [0.29, 0.717) is 13.0 Å². The first-order chi connectivity index (χ1) is 9.57. The maximum Gasteiger partial charge on any atom is 0.310 e. The van der Waals surface area contributed by atoms with Crippen LogP contribution in [0.15, 0.2) is 35.3 Å². The number of anilines is 1. The number of nitrogens with zero attached hydrogens (tertiary/aromatic N) is 1. The van der Waals surface area contributed by atoms with E-state index in [9.17, 15) is 9.59 Å². The summed E-state index contributed by atoms with van der Waals surface area (Å²) < 4.78 is 5.68. The maximum absolute atomic E-state index is 12.8. The van der Waals surface area contributed by atoms with Crippen molar-refractivity contribution in [3.05, 3.63) is 40.9 Å². The van der Waals surface area contributed by atoms with Gasteiger partial charge in [-0.05, 0) is 18.6 Å². The van der Waals surface area contributed by atoms with Crippen LogP contribution in [0.1, 0.15) is 12.0 Å². The quantitative estimate of drug-likeness (QED) is 0.629. The number of halogens is 1. The first kappa shape index (κ1) is 13.4. The molecule has 1 fully saturated rings. The van der Waals surface area contributed by atoms with E-state index >= 15 is 0 Å². The van der Waals surface area contributed by atoms with E-state index in [2.05, 4.69) is 22.5 Å². The summed E-state index contributed by atoms with van der Waals surface area (Å²) in [5.41, 5.74) is 1.02. The Morgan fingerprint density at radius 2 is 2.40 bits per heavy atom. The second-order valence-corrected chi connectivity index (χ2v) is 5.94. The van der Waals surface area contributed by atoms with Crippen molar-refractivity contribution in [2.45, 2.75) is 11.8 Å². The smallest absolute Gasteiger partial charge is 0.310 e. The van der Waals surface area contributed by atoms with Crippen LogP contribution in [0.2, 0.25) is 0 Å². The number of rotatable bonds is 3. The number of benzene rings is 1. The minimum absolute atomic E-state index is 0.0327. The summed E-state index contributed by atoms with van der Waals surface area (Å²) in [6.07, 6.45) is 2.21. The van der Waals surface area contributed by atoms with E-state index in [0.717, 1.165) is 15.7 Å². The molecular formula is C15H14BrNO3. The molecule has 1 saturated carbocycles. The van der Waals surface area contributed by atoms with Gasteiger partial charge in [-0.2, -0.15) is 0 Å². The Morgan fingerprint density at radius 3 is 3.05 bits per heavy atom. The highest BCUT2D eigenvalue weighted by Gasteiger charge is 2.70. The summed E-state index contributed by atoms with van der Waals surface area (Å²) in [7, 11) is 1.36. The highest BCUT2D eigenvalue weighted by atomic mass is 79.9. The lowest BCUT2D eigenvalue weighted by atomic mass is 9.95. The molecule has 1 aliphatic carbocycles. The first-order valence-corrected chi connectivity index (χ1v) is 7.17. The van der Waals surface area contributed by atoms with Gasteiger partial charge in [0.1, 0.15) is 0 Å². The largest absolute Gasteiger partial charge is 0.469 e. The van der Waals surface area contributed by atoms with E-state index in [-0.39, 0.29) is 17.8 Å². The van der Waals surface area contributed by atoms with Crippen molar-refractivity contribution < 1.29 is 14.3 Å².